The molecule has 2 N–H and O–H groups in total. The molecule has 2 amide bonds. The van der Waals surface area contributed by atoms with Gasteiger partial charge in [0.15, 0.2) is 5.69 Å². The molecular weight excluding hydrogens is 408 g/mol. The predicted octanol–water partition coefficient (Wildman–Crippen LogP) is 1.48. The number of halogens is 1. The second kappa shape index (κ2) is 9.44. The van der Waals surface area contributed by atoms with Gasteiger partial charge in [0.2, 0.25) is 5.91 Å². The molecule has 2 aromatic rings. The molecule has 2 fully saturated rings. The van der Waals surface area contributed by atoms with Crippen molar-refractivity contribution in [2.75, 3.05) is 31.6 Å². The lowest BCUT2D eigenvalue weighted by molar-refractivity contribution is -0.118. The van der Waals surface area contributed by atoms with Crippen molar-refractivity contribution in [2.24, 2.45) is 0 Å². The van der Waals surface area contributed by atoms with Crippen molar-refractivity contribution in [1.82, 2.24) is 25.6 Å². The average molecular weight is 435 g/mol. The van der Waals surface area contributed by atoms with E-state index in [4.69, 9.17) is 4.74 Å². The number of para-hydroxylation sites is 2. The molecule has 162 valence electrons. The highest BCUT2D eigenvalue weighted by Gasteiger charge is 2.36. The zero-order valence-electron chi connectivity index (χ0n) is 17.1. The molecule has 4 rings (SSSR count). The monoisotopic (exact) mass is 434 g/mol. The van der Waals surface area contributed by atoms with E-state index in [2.05, 4.69) is 20.9 Å². The molecule has 2 aliphatic rings. The number of ether oxygens (including phenoxy) is 1. The summed E-state index contributed by atoms with van der Waals surface area (Å²) < 4.78 is 7.20. The highest BCUT2D eigenvalue weighted by Crippen LogP contribution is 2.31. The maximum Gasteiger partial charge on any atom is 0.274 e. The first kappa shape index (κ1) is 22.0. The number of benzene rings is 1. The summed E-state index contributed by atoms with van der Waals surface area (Å²) in [6.45, 7) is 4.24. The Morgan fingerprint density at radius 1 is 1.23 bits per heavy atom. The first-order chi connectivity index (χ1) is 14.1. The van der Waals surface area contributed by atoms with Gasteiger partial charge in [0.25, 0.3) is 5.91 Å². The molecule has 0 saturated carbocycles. The van der Waals surface area contributed by atoms with Crippen LogP contribution in [0.4, 0.5) is 5.69 Å². The number of hydrogen-bond acceptors (Lipinski definition) is 6. The van der Waals surface area contributed by atoms with Crippen molar-refractivity contribution >= 4 is 29.9 Å². The first-order valence-electron chi connectivity index (χ1n) is 9.98. The molecule has 1 unspecified atom stereocenters. The summed E-state index contributed by atoms with van der Waals surface area (Å²) in [7, 11) is 1.58. The number of nitrogens with zero attached hydrogens (tertiary/aromatic N) is 4. The van der Waals surface area contributed by atoms with Gasteiger partial charge in [0.05, 0.1) is 24.5 Å². The summed E-state index contributed by atoms with van der Waals surface area (Å²) in [5.74, 6) is 0.128. The number of rotatable bonds is 5. The van der Waals surface area contributed by atoms with Crippen molar-refractivity contribution in [3.63, 3.8) is 0 Å². The topological polar surface area (TPSA) is 101 Å². The van der Waals surface area contributed by atoms with Crippen molar-refractivity contribution < 1.29 is 14.3 Å². The first-order valence-corrected chi connectivity index (χ1v) is 9.98. The number of piperidine rings is 1. The van der Waals surface area contributed by atoms with E-state index in [1.54, 1.807) is 12.0 Å². The van der Waals surface area contributed by atoms with E-state index in [0.717, 1.165) is 31.6 Å². The largest absolute Gasteiger partial charge is 0.495 e. The minimum atomic E-state index is -0.587. The summed E-state index contributed by atoms with van der Waals surface area (Å²) in [5.41, 5.74) is 1.73. The Morgan fingerprint density at radius 2 is 1.97 bits per heavy atom. The molecule has 1 atom stereocenters. The van der Waals surface area contributed by atoms with Gasteiger partial charge in [-0.05, 0) is 51.4 Å². The molecule has 0 aliphatic carbocycles. The Morgan fingerprint density at radius 3 is 2.70 bits per heavy atom. The Balaban J connectivity index is 0.00000256. The maximum atomic E-state index is 12.9. The van der Waals surface area contributed by atoms with Gasteiger partial charge in [-0.15, -0.1) is 17.5 Å². The van der Waals surface area contributed by atoms with E-state index in [0.29, 0.717) is 24.4 Å². The quantitative estimate of drug-likeness (QED) is 0.739. The van der Waals surface area contributed by atoms with Crippen LogP contribution in [0.25, 0.3) is 0 Å². The lowest BCUT2D eigenvalue weighted by atomic mass is 10.1. The van der Waals surface area contributed by atoms with Crippen molar-refractivity contribution in [3.05, 3.63) is 35.7 Å². The summed E-state index contributed by atoms with van der Waals surface area (Å²) >= 11 is 0. The second-order valence-corrected chi connectivity index (χ2v) is 7.43. The van der Waals surface area contributed by atoms with Gasteiger partial charge in [-0.2, -0.15) is 0 Å². The molecule has 2 saturated heterocycles. The Hall–Kier alpha value is -2.65. The van der Waals surface area contributed by atoms with E-state index >= 15 is 0 Å². The van der Waals surface area contributed by atoms with E-state index < -0.39 is 6.04 Å². The van der Waals surface area contributed by atoms with Crippen molar-refractivity contribution in [2.45, 2.75) is 38.3 Å². The molecule has 2 aliphatic heterocycles. The van der Waals surface area contributed by atoms with Crippen LogP contribution in [0.2, 0.25) is 0 Å². The predicted molar refractivity (Wildman–Crippen MR) is 114 cm³/mol. The fourth-order valence-corrected chi connectivity index (χ4v) is 4.08. The molecular formula is C20H27ClN6O3. The van der Waals surface area contributed by atoms with Crippen LogP contribution in [0, 0.1) is 6.92 Å². The second-order valence-electron chi connectivity index (χ2n) is 7.43. The molecule has 30 heavy (non-hydrogen) atoms. The third-order valence-electron chi connectivity index (χ3n) is 5.68. The molecule has 1 aromatic carbocycles. The van der Waals surface area contributed by atoms with Crippen LogP contribution in [0.1, 0.15) is 41.5 Å². The number of methoxy groups -OCH3 is 1. The van der Waals surface area contributed by atoms with Crippen LogP contribution < -0.4 is 20.3 Å². The Bertz CT molecular complexity index is 912. The van der Waals surface area contributed by atoms with Gasteiger partial charge in [0.1, 0.15) is 11.8 Å². The third-order valence-corrected chi connectivity index (χ3v) is 5.68. The molecule has 10 heteroatoms. The van der Waals surface area contributed by atoms with Gasteiger partial charge >= 0.3 is 0 Å². The van der Waals surface area contributed by atoms with Gasteiger partial charge in [-0.1, -0.05) is 17.3 Å². The molecule has 0 bridgehead atoms. The zero-order chi connectivity index (χ0) is 20.4. The van der Waals surface area contributed by atoms with Gasteiger partial charge in [-0.25, -0.2) is 4.68 Å². The molecule has 0 radical (unpaired) electrons. The minimum Gasteiger partial charge on any atom is -0.495 e. The smallest absolute Gasteiger partial charge is 0.274 e. The van der Waals surface area contributed by atoms with Crippen LogP contribution in [-0.4, -0.2) is 59.6 Å². The number of carbonyl (C=O) groups is 2. The van der Waals surface area contributed by atoms with Crippen molar-refractivity contribution in [3.8, 4) is 5.75 Å². The zero-order valence-corrected chi connectivity index (χ0v) is 17.9. The third kappa shape index (κ3) is 4.13. The lowest BCUT2D eigenvalue weighted by Gasteiger charge is -2.23. The van der Waals surface area contributed by atoms with E-state index in [1.807, 2.05) is 35.9 Å². The number of hydrogen-bond donors (Lipinski definition) is 2. The normalized spacial score (nSPS) is 19.5. The average Bonchev–Trinajstić information content (AvgIpc) is 3.31. The number of nitrogens with one attached hydrogen (secondary N) is 2. The molecule has 9 nitrogen and oxygen atoms in total. The minimum absolute atomic E-state index is 0. The van der Waals surface area contributed by atoms with Crippen LogP contribution >= 0.6 is 12.4 Å². The van der Waals surface area contributed by atoms with E-state index in [9.17, 15) is 9.59 Å². The fourth-order valence-electron chi connectivity index (χ4n) is 4.08. The van der Waals surface area contributed by atoms with E-state index in [1.165, 1.54) is 0 Å². The van der Waals surface area contributed by atoms with Crippen LogP contribution in [-0.2, 0) is 4.79 Å². The van der Waals surface area contributed by atoms with Gasteiger partial charge < -0.3 is 20.3 Å². The number of amides is 2. The van der Waals surface area contributed by atoms with Crippen LogP contribution in [0.15, 0.2) is 24.3 Å². The SMILES string of the molecule is COc1ccccc1N1CCC(NC(=O)c2nnn(C3CCNCC3)c2C)C1=O.Cl. The molecule has 1 aromatic heterocycles. The van der Waals surface area contributed by atoms with Gasteiger partial charge in [0, 0.05) is 6.54 Å². The van der Waals surface area contributed by atoms with Crippen LogP contribution in [0.5, 0.6) is 5.75 Å². The standard InChI is InChI=1S/C20H26N6O3.ClH/c1-13-18(23-24-26(13)14-7-10-21-11-8-14)19(27)22-15-9-12-25(20(15)28)16-5-3-4-6-17(16)29-2;/h3-6,14-15,21H,7-12H2,1-2H3,(H,22,27);1H. The fraction of sp³-hybridized carbons (Fsp3) is 0.500. The maximum absolute atomic E-state index is 12.9. The van der Waals surface area contributed by atoms with E-state index in [-0.39, 0.29) is 36.0 Å². The highest BCUT2D eigenvalue weighted by molar-refractivity contribution is 6.04. The summed E-state index contributed by atoms with van der Waals surface area (Å²) in [5, 5.41) is 14.5. The number of aromatic nitrogens is 3. The van der Waals surface area contributed by atoms with Crippen LogP contribution in [0.3, 0.4) is 0 Å². The Labute approximate surface area is 181 Å². The van der Waals surface area contributed by atoms with Gasteiger partial charge in [-0.3, -0.25) is 9.59 Å². The number of anilines is 1. The highest BCUT2D eigenvalue weighted by atomic mass is 35.5. The summed E-state index contributed by atoms with van der Waals surface area (Å²) in [6, 6.07) is 7.04. The lowest BCUT2D eigenvalue weighted by Crippen LogP contribution is -2.42. The summed E-state index contributed by atoms with van der Waals surface area (Å²) in [4.78, 5) is 27.3. The van der Waals surface area contributed by atoms with Crippen molar-refractivity contribution in [1.29, 1.82) is 0 Å². The summed E-state index contributed by atoms with van der Waals surface area (Å²) in [6.07, 6.45) is 2.45. The molecule has 3 heterocycles. The molecule has 0 spiro atoms. The Kier molecular flexibility index (Phi) is 6.94. The number of carbonyl (C=O) groups excluding carboxylic acids is 2.